The minimum atomic E-state index is -0.434. The molecule has 7 nitrogen and oxygen atoms in total. The molecule has 0 spiro atoms. The van der Waals surface area contributed by atoms with Gasteiger partial charge in [0.25, 0.3) is 0 Å². The highest BCUT2D eigenvalue weighted by Gasteiger charge is 2.23. The van der Waals surface area contributed by atoms with Crippen molar-refractivity contribution in [1.82, 2.24) is 14.8 Å². The first kappa shape index (κ1) is 22.2. The summed E-state index contributed by atoms with van der Waals surface area (Å²) in [5.74, 6) is 0.596. The Hall–Kier alpha value is -2.13. The Bertz CT molecular complexity index is 871. The fourth-order valence-electron chi connectivity index (χ4n) is 2.84. The molecule has 152 valence electrons. The predicted molar refractivity (Wildman–Crippen MR) is 113 cm³/mol. The number of carbonyl (C=O) groups excluding carboxylic acids is 2. The lowest BCUT2D eigenvalue weighted by molar-refractivity contribution is -0.113. The average molecular weight is 423 g/mol. The molecule has 2 heterocycles. The van der Waals surface area contributed by atoms with Crippen LogP contribution in [0.5, 0.6) is 0 Å². The highest BCUT2D eigenvalue weighted by atomic mass is 32.2. The van der Waals surface area contributed by atoms with Crippen molar-refractivity contribution in [3.05, 3.63) is 34.5 Å². The number of allylic oxidation sites excluding steroid dienone is 1. The van der Waals surface area contributed by atoms with Gasteiger partial charge >= 0.3 is 5.97 Å². The Kier molecular flexibility index (Phi) is 7.82. The first-order chi connectivity index (χ1) is 13.3. The minimum Gasteiger partial charge on any atom is -0.465 e. The molecule has 0 aromatic carbocycles. The van der Waals surface area contributed by atoms with Gasteiger partial charge in [-0.2, -0.15) is 0 Å². The number of rotatable bonds is 9. The van der Waals surface area contributed by atoms with Crippen molar-refractivity contribution in [2.24, 2.45) is 0 Å². The third-order valence-corrected chi connectivity index (χ3v) is 6.14. The monoisotopic (exact) mass is 422 g/mol. The molecule has 0 saturated heterocycles. The number of anilines is 1. The van der Waals surface area contributed by atoms with Gasteiger partial charge in [0.15, 0.2) is 5.16 Å². The second-order valence-corrected chi connectivity index (χ2v) is 8.58. The molecule has 1 N–H and O–H groups in total. The molecule has 0 fully saturated rings. The molecule has 9 heteroatoms. The number of esters is 1. The van der Waals surface area contributed by atoms with Crippen LogP contribution in [0.2, 0.25) is 0 Å². The fraction of sp³-hybridized carbons (Fsp3) is 0.474. The number of thiophene rings is 1. The highest BCUT2D eigenvalue weighted by Crippen LogP contribution is 2.34. The SMILES string of the molecule is C=CCn1c(SCC(=O)Nc2sc(C)c(CC)c2C(=O)OC)nnc1C(C)C. The van der Waals surface area contributed by atoms with Crippen LogP contribution in [0.1, 0.15) is 53.3 Å². The van der Waals surface area contributed by atoms with E-state index < -0.39 is 5.97 Å². The molecule has 28 heavy (non-hydrogen) atoms. The Morgan fingerprint density at radius 2 is 2.11 bits per heavy atom. The van der Waals surface area contributed by atoms with E-state index in [0.29, 0.717) is 28.7 Å². The summed E-state index contributed by atoms with van der Waals surface area (Å²) in [6.45, 7) is 12.4. The maximum absolute atomic E-state index is 12.5. The third-order valence-electron chi connectivity index (χ3n) is 4.11. The summed E-state index contributed by atoms with van der Waals surface area (Å²) in [4.78, 5) is 25.7. The van der Waals surface area contributed by atoms with E-state index in [0.717, 1.165) is 16.3 Å². The molecule has 0 atom stereocenters. The van der Waals surface area contributed by atoms with Gasteiger partial charge in [0.2, 0.25) is 5.91 Å². The van der Waals surface area contributed by atoms with Gasteiger partial charge < -0.3 is 14.6 Å². The van der Waals surface area contributed by atoms with E-state index in [4.69, 9.17) is 4.74 Å². The van der Waals surface area contributed by atoms with Crippen LogP contribution < -0.4 is 5.32 Å². The van der Waals surface area contributed by atoms with E-state index in [-0.39, 0.29) is 17.6 Å². The number of nitrogens with zero attached hydrogens (tertiary/aromatic N) is 3. The molecular weight excluding hydrogens is 396 g/mol. The van der Waals surface area contributed by atoms with Crippen molar-refractivity contribution in [2.75, 3.05) is 18.2 Å². The molecule has 0 bridgehead atoms. The van der Waals surface area contributed by atoms with Gasteiger partial charge in [0.05, 0.1) is 18.4 Å². The maximum atomic E-state index is 12.5. The van der Waals surface area contributed by atoms with Gasteiger partial charge in [-0.3, -0.25) is 4.79 Å². The summed E-state index contributed by atoms with van der Waals surface area (Å²) in [5.41, 5.74) is 1.36. The molecule has 1 amide bonds. The number of hydrogen-bond donors (Lipinski definition) is 1. The van der Waals surface area contributed by atoms with Crippen molar-refractivity contribution in [3.63, 3.8) is 0 Å². The Balaban J connectivity index is 2.14. The number of nitrogens with one attached hydrogen (secondary N) is 1. The molecule has 0 unspecified atom stereocenters. The first-order valence-corrected chi connectivity index (χ1v) is 10.8. The number of amides is 1. The zero-order valence-corrected chi connectivity index (χ0v) is 18.5. The Labute approximate surface area is 173 Å². The van der Waals surface area contributed by atoms with Gasteiger partial charge in [-0.15, -0.1) is 28.1 Å². The zero-order valence-electron chi connectivity index (χ0n) is 16.9. The fourth-order valence-corrected chi connectivity index (χ4v) is 4.74. The molecule has 0 radical (unpaired) electrons. The molecule has 2 aromatic heterocycles. The largest absolute Gasteiger partial charge is 0.465 e. The summed E-state index contributed by atoms with van der Waals surface area (Å²) in [6, 6.07) is 0. The number of carbonyl (C=O) groups is 2. The smallest absolute Gasteiger partial charge is 0.341 e. The van der Waals surface area contributed by atoms with Crippen molar-refractivity contribution in [2.45, 2.75) is 51.7 Å². The van der Waals surface area contributed by atoms with Gasteiger partial charge in [-0.25, -0.2) is 4.79 Å². The number of aromatic nitrogens is 3. The van der Waals surface area contributed by atoms with E-state index in [1.165, 1.54) is 30.2 Å². The van der Waals surface area contributed by atoms with Crippen LogP contribution in [0.3, 0.4) is 0 Å². The van der Waals surface area contributed by atoms with Crippen molar-refractivity contribution in [1.29, 1.82) is 0 Å². The summed E-state index contributed by atoms with van der Waals surface area (Å²) in [5, 5.41) is 12.5. The van der Waals surface area contributed by atoms with Crippen molar-refractivity contribution < 1.29 is 14.3 Å². The van der Waals surface area contributed by atoms with Crippen LogP contribution >= 0.6 is 23.1 Å². The summed E-state index contributed by atoms with van der Waals surface area (Å²) >= 11 is 2.70. The number of methoxy groups -OCH3 is 1. The van der Waals surface area contributed by atoms with Gasteiger partial charge in [-0.1, -0.05) is 38.6 Å². The van der Waals surface area contributed by atoms with E-state index in [2.05, 4.69) is 22.1 Å². The molecule has 2 aromatic rings. The number of ether oxygens (including phenoxy) is 1. The molecule has 0 aliphatic carbocycles. The first-order valence-electron chi connectivity index (χ1n) is 9.01. The van der Waals surface area contributed by atoms with Gasteiger partial charge in [0.1, 0.15) is 10.8 Å². The maximum Gasteiger partial charge on any atom is 0.341 e. The summed E-state index contributed by atoms with van der Waals surface area (Å²) < 4.78 is 6.85. The van der Waals surface area contributed by atoms with Gasteiger partial charge in [0, 0.05) is 17.3 Å². The lowest BCUT2D eigenvalue weighted by atomic mass is 10.1. The Morgan fingerprint density at radius 1 is 1.39 bits per heavy atom. The third kappa shape index (κ3) is 4.82. The molecular formula is C19H26N4O3S2. The van der Waals surface area contributed by atoms with Crippen molar-refractivity contribution in [3.8, 4) is 0 Å². The predicted octanol–water partition coefficient (Wildman–Crippen LogP) is 4.04. The van der Waals surface area contributed by atoms with E-state index in [9.17, 15) is 9.59 Å². The highest BCUT2D eigenvalue weighted by molar-refractivity contribution is 7.99. The van der Waals surface area contributed by atoms with E-state index in [1.54, 1.807) is 6.08 Å². The number of aryl methyl sites for hydroxylation is 1. The lowest BCUT2D eigenvalue weighted by Crippen LogP contribution is -2.16. The quantitative estimate of drug-likeness (QED) is 0.373. The average Bonchev–Trinajstić information content (AvgIpc) is 3.20. The van der Waals surface area contributed by atoms with Crippen LogP contribution in [0.25, 0.3) is 0 Å². The second kappa shape index (κ2) is 9.88. The second-order valence-electron chi connectivity index (χ2n) is 6.42. The molecule has 0 saturated carbocycles. The minimum absolute atomic E-state index is 0.159. The van der Waals surface area contributed by atoms with E-state index in [1.807, 2.05) is 32.3 Å². The normalized spacial score (nSPS) is 10.9. The molecule has 0 aliphatic rings. The zero-order chi connectivity index (χ0) is 20.8. The molecule has 0 aliphatic heterocycles. The van der Waals surface area contributed by atoms with Crippen LogP contribution in [0.4, 0.5) is 5.00 Å². The van der Waals surface area contributed by atoms with Gasteiger partial charge in [-0.05, 0) is 18.9 Å². The Morgan fingerprint density at radius 3 is 2.68 bits per heavy atom. The molecule has 2 rings (SSSR count). The van der Waals surface area contributed by atoms with Crippen LogP contribution in [0.15, 0.2) is 17.8 Å². The van der Waals surface area contributed by atoms with E-state index >= 15 is 0 Å². The number of hydrogen-bond acceptors (Lipinski definition) is 7. The standard InChI is InChI=1S/C19H26N4O3S2/c1-7-9-23-16(11(3)4)21-22-19(23)27-10-14(24)20-17-15(18(25)26-6)13(8-2)12(5)28-17/h7,11H,1,8-10H2,2-6H3,(H,20,24). The lowest BCUT2D eigenvalue weighted by Gasteiger charge is -2.10. The van der Waals surface area contributed by atoms with Crippen LogP contribution in [0, 0.1) is 6.92 Å². The van der Waals surface area contributed by atoms with Crippen molar-refractivity contribution >= 4 is 40.0 Å². The summed E-state index contributed by atoms with van der Waals surface area (Å²) in [6.07, 6.45) is 2.47. The van der Waals surface area contributed by atoms with Crippen LogP contribution in [-0.4, -0.2) is 39.5 Å². The number of thioether (sulfide) groups is 1. The van der Waals surface area contributed by atoms with Crippen LogP contribution in [-0.2, 0) is 22.5 Å². The summed E-state index contributed by atoms with van der Waals surface area (Å²) in [7, 11) is 1.34. The topological polar surface area (TPSA) is 86.1 Å².